The number of hydrogen-bond acceptors (Lipinski definition) is 6. The van der Waals surface area contributed by atoms with Crippen LogP contribution >= 0.6 is 11.3 Å². The zero-order chi connectivity index (χ0) is 20.4. The molecule has 1 aliphatic rings. The Morgan fingerprint density at radius 1 is 1.28 bits per heavy atom. The largest absolute Gasteiger partial charge is 0.480 e. The summed E-state index contributed by atoms with van der Waals surface area (Å²) in [7, 11) is 0. The number of hydrogen-bond donors (Lipinski definition) is 2. The summed E-state index contributed by atoms with van der Waals surface area (Å²) in [6.07, 6.45) is 2.83. The van der Waals surface area contributed by atoms with Crippen LogP contribution in [0.15, 0.2) is 36.0 Å². The Labute approximate surface area is 170 Å². The first-order chi connectivity index (χ1) is 14.0. The minimum absolute atomic E-state index is 0.172. The van der Waals surface area contributed by atoms with Gasteiger partial charge in [0.05, 0.1) is 5.39 Å². The van der Waals surface area contributed by atoms with Gasteiger partial charge >= 0.3 is 5.97 Å². The highest BCUT2D eigenvalue weighted by Crippen LogP contribution is 2.36. The lowest BCUT2D eigenvalue weighted by atomic mass is 10.1. The van der Waals surface area contributed by atoms with Crippen LogP contribution in [0.4, 0.5) is 10.2 Å². The molecule has 1 atom stereocenters. The average molecular weight is 414 g/mol. The summed E-state index contributed by atoms with van der Waals surface area (Å²) in [4.78, 5) is 34.5. The third kappa shape index (κ3) is 3.91. The Hall–Kier alpha value is -3.07. The number of nitrogens with one attached hydrogen (secondary N) is 1. The van der Waals surface area contributed by atoms with Crippen molar-refractivity contribution < 1.29 is 19.1 Å². The van der Waals surface area contributed by atoms with Gasteiger partial charge in [-0.25, -0.2) is 19.2 Å². The van der Waals surface area contributed by atoms with Gasteiger partial charge in [-0.1, -0.05) is 12.1 Å². The number of halogens is 1. The normalized spacial score (nSPS) is 16.3. The molecular formula is C20H19FN4O3S. The number of aliphatic carboxylic acids is 1. The summed E-state index contributed by atoms with van der Waals surface area (Å²) in [6.45, 7) is 0.805. The van der Waals surface area contributed by atoms with Crippen molar-refractivity contribution >= 4 is 39.2 Å². The van der Waals surface area contributed by atoms with Crippen molar-refractivity contribution in [3.63, 3.8) is 0 Å². The van der Waals surface area contributed by atoms with E-state index in [1.54, 1.807) is 12.1 Å². The van der Waals surface area contributed by atoms with Gasteiger partial charge in [0.15, 0.2) is 0 Å². The van der Waals surface area contributed by atoms with E-state index in [1.807, 2.05) is 5.38 Å². The maximum atomic E-state index is 13.3. The summed E-state index contributed by atoms with van der Waals surface area (Å²) < 4.78 is 13.3. The molecule has 3 heterocycles. The van der Waals surface area contributed by atoms with E-state index in [2.05, 4.69) is 15.3 Å². The number of carbonyl (C=O) groups is 2. The van der Waals surface area contributed by atoms with Crippen molar-refractivity contribution in [3.05, 3.63) is 41.8 Å². The van der Waals surface area contributed by atoms with Crippen molar-refractivity contribution in [1.29, 1.82) is 0 Å². The molecule has 2 aromatic heterocycles. The molecule has 7 nitrogen and oxygen atoms in total. The standard InChI is InChI=1S/C20H19FN4O3S/c21-13-5-3-12(4-6-13)14-10-29-19-17(14)18(23-11-24-19)22-8-7-16(26)25-9-1-2-15(25)20(27)28/h3-6,10-11,15H,1-2,7-9H2,(H,27,28)(H,22,23,24). The predicted octanol–water partition coefficient (Wildman–Crippen LogP) is 3.38. The topological polar surface area (TPSA) is 95.4 Å². The van der Waals surface area contributed by atoms with Crippen molar-refractivity contribution in [1.82, 2.24) is 14.9 Å². The molecule has 0 spiro atoms. The minimum atomic E-state index is -0.955. The second kappa shape index (κ2) is 8.12. The second-order valence-corrected chi connectivity index (χ2v) is 7.68. The van der Waals surface area contributed by atoms with Crippen LogP contribution in [0.5, 0.6) is 0 Å². The smallest absolute Gasteiger partial charge is 0.326 e. The Morgan fingerprint density at radius 2 is 2.07 bits per heavy atom. The molecule has 1 saturated heterocycles. The molecule has 1 amide bonds. The summed E-state index contributed by atoms with van der Waals surface area (Å²) in [5.74, 6) is -0.845. The third-order valence-corrected chi connectivity index (χ3v) is 5.90. The van der Waals surface area contributed by atoms with Crippen molar-refractivity contribution in [2.24, 2.45) is 0 Å². The van der Waals surface area contributed by atoms with E-state index >= 15 is 0 Å². The average Bonchev–Trinajstić information content (AvgIpc) is 3.36. The molecule has 3 aromatic rings. The van der Waals surface area contributed by atoms with Crippen molar-refractivity contribution in [2.45, 2.75) is 25.3 Å². The lowest BCUT2D eigenvalue weighted by Gasteiger charge is -2.21. The highest BCUT2D eigenvalue weighted by atomic mass is 32.1. The van der Waals surface area contributed by atoms with E-state index in [0.29, 0.717) is 31.7 Å². The van der Waals surface area contributed by atoms with E-state index in [1.165, 1.54) is 34.7 Å². The van der Waals surface area contributed by atoms with Crippen LogP contribution in [0, 0.1) is 5.82 Å². The quantitative estimate of drug-likeness (QED) is 0.642. The van der Waals surface area contributed by atoms with Gasteiger partial charge in [0.1, 0.15) is 28.8 Å². The maximum absolute atomic E-state index is 13.3. The molecule has 0 radical (unpaired) electrons. The molecule has 1 aliphatic heterocycles. The van der Waals surface area contributed by atoms with E-state index in [-0.39, 0.29) is 18.1 Å². The molecule has 1 aromatic carbocycles. The van der Waals surface area contributed by atoms with Gasteiger partial charge in [0, 0.05) is 30.5 Å². The third-order valence-electron chi connectivity index (χ3n) is 5.01. The SMILES string of the molecule is O=C(O)C1CCCN1C(=O)CCNc1ncnc2scc(-c3ccc(F)cc3)c12. The molecule has 4 rings (SSSR count). The molecule has 1 fully saturated rings. The van der Waals surface area contributed by atoms with Crippen LogP contribution in [-0.2, 0) is 9.59 Å². The number of carboxylic acids is 1. The summed E-state index contributed by atoms with van der Waals surface area (Å²) in [6, 6.07) is 5.50. The zero-order valence-corrected chi connectivity index (χ0v) is 16.3. The summed E-state index contributed by atoms with van der Waals surface area (Å²) in [5, 5.41) is 15.2. The number of benzene rings is 1. The number of likely N-dealkylation sites (tertiary alicyclic amines) is 1. The first-order valence-corrected chi connectivity index (χ1v) is 10.2. The number of nitrogens with zero attached hydrogens (tertiary/aromatic N) is 3. The summed E-state index contributed by atoms with van der Waals surface area (Å²) in [5.41, 5.74) is 1.75. The lowest BCUT2D eigenvalue weighted by Crippen LogP contribution is -2.40. The molecule has 2 N–H and O–H groups in total. The van der Waals surface area contributed by atoms with E-state index < -0.39 is 12.0 Å². The number of amides is 1. The fourth-order valence-corrected chi connectivity index (χ4v) is 4.52. The van der Waals surface area contributed by atoms with Crippen LogP contribution in [-0.4, -0.2) is 51.0 Å². The van der Waals surface area contributed by atoms with Crippen molar-refractivity contribution in [2.75, 3.05) is 18.4 Å². The van der Waals surface area contributed by atoms with Gasteiger partial charge in [0.2, 0.25) is 5.91 Å². The van der Waals surface area contributed by atoms with Crippen LogP contribution in [0.2, 0.25) is 0 Å². The van der Waals surface area contributed by atoms with Gasteiger partial charge in [-0.3, -0.25) is 4.79 Å². The Bertz CT molecular complexity index is 1050. The van der Waals surface area contributed by atoms with Gasteiger partial charge in [-0.05, 0) is 30.5 Å². The van der Waals surface area contributed by atoms with Gasteiger partial charge in [-0.2, -0.15) is 0 Å². The monoisotopic (exact) mass is 414 g/mol. The van der Waals surface area contributed by atoms with E-state index in [4.69, 9.17) is 0 Å². The van der Waals surface area contributed by atoms with Gasteiger partial charge in [0.25, 0.3) is 0 Å². The minimum Gasteiger partial charge on any atom is -0.480 e. The number of anilines is 1. The number of aromatic nitrogens is 2. The number of carbonyl (C=O) groups excluding carboxylic acids is 1. The molecule has 9 heteroatoms. The molecule has 0 bridgehead atoms. The van der Waals surface area contributed by atoms with Crippen molar-refractivity contribution in [3.8, 4) is 11.1 Å². The van der Waals surface area contributed by atoms with E-state index in [9.17, 15) is 19.1 Å². The highest BCUT2D eigenvalue weighted by molar-refractivity contribution is 7.17. The predicted molar refractivity (Wildman–Crippen MR) is 108 cm³/mol. The first-order valence-electron chi connectivity index (χ1n) is 9.29. The van der Waals surface area contributed by atoms with Crippen LogP contribution < -0.4 is 5.32 Å². The zero-order valence-electron chi connectivity index (χ0n) is 15.5. The highest BCUT2D eigenvalue weighted by Gasteiger charge is 2.33. The van der Waals surface area contributed by atoms with Crippen LogP contribution in [0.1, 0.15) is 19.3 Å². The molecule has 1 unspecified atom stereocenters. The van der Waals surface area contributed by atoms with Crippen LogP contribution in [0.25, 0.3) is 21.3 Å². The van der Waals surface area contributed by atoms with Gasteiger partial charge < -0.3 is 15.3 Å². The molecular weight excluding hydrogens is 395 g/mol. The Kier molecular flexibility index (Phi) is 5.39. The first kappa shape index (κ1) is 19.3. The number of carboxylic acid groups (broad SMARTS) is 1. The number of rotatable bonds is 6. The molecule has 0 aliphatic carbocycles. The van der Waals surface area contributed by atoms with E-state index in [0.717, 1.165) is 21.3 Å². The lowest BCUT2D eigenvalue weighted by molar-refractivity contribution is -0.148. The maximum Gasteiger partial charge on any atom is 0.326 e. The molecule has 150 valence electrons. The fourth-order valence-electron chi connectivity index (χ4n) is 3.60. The number of thiophene rings is 1. The fraction of sp³-hybridized carbons (Fsp3) is 0.300. The van der Waals surface area contributed by atoms with Gasteiger partial charge in [-0.15, -0.1) is 11.3 Å². The summed E-state index contributed by atoms with van der Waals surface area (Å²) >= 11 is 1.47. The molecule has 0 saturated carbocycles. The second-order valence-electron chi connectivity index (χ2n) is 6.82. The van der Waals surface area contributed by atoms with Crippen LogP contribution in [0.3, 0.4) is 0 Å². The Balaban J connectivity index is 1.50. The Morgan fingerprint density at radius 3 is 2.83 bits per heavy atom. The number of fused-ring (bicyclic) bond motifs is 1. The molecule has 29 heavy (non-hydrogen) atoms.